The fourth-order valence-corrected chi connectivity index (χ4v) is 2.20. The van der Waals surface area contributed by atoms with E-state index in [0.29, 0.717) is 0 Å². The maximum Gasteiger partial charge on any atom is 0.119 e. The summed E-state index contributed by atoms with van der Waals surface area (Å²) in [7, 11) is 1.70. The molecule has 66 valence electrons. The van der Waals surface area contributed by atoms with Crippen LogP contribution in [0, 0.1) is 0 Å². The summed E-state index contributed by atoms with van der Waals surface area (Å²) in [6.07, 6.45) is 0. The molecule has 0 bridgehead atoms. The van der Waals surface area contributed by atoms with Gasteiger partial charge in [0.25, 0.3) is 0 Å². The third kappa shape index (κ3) is 3.23. The lowest BCUT2D eigenvalue weighted by molar-refractivity contribution is 0.413. The minimum absolute atomic E-state index is 0.938. The van der Waals surface area contributed by atoms with Gasteiger partial charge in [0.05, 0.1) is 7.11 Å². The van der Waals surface area contributed by atoms with Crippen LogP contribution >= 0.6 is 34.4 Å². The Morgan fingerprint density at radius 2 is 2.33 bits per heavy atom. The highest BCUT2D eigenvalue weighted by Crippen LogP contribution is 2.22. The Hall–Kier alpha value is 0.1000. The maximum absolute atomic E-state index is 5.12. The van der Waals surface area contributed by atoms with E-state index >= 15 is 0 Å². The van der Waals surface area contributed by atoms with E-state index < -0.39 is 0 Å². The molecule has 0 aliphatic rings. The standard InChI is InChI=1S/C9H11IOS/c1-11-8-3-2-4-9(7-8)12-6-5-10/h2-4,7H,5-6H2,1H3. The molecule has 0 amide bonds. The van der Waals surface area contributed by atoms with Crippen LogP contribution in [0.15, 0.2) is 29.2 Å². The van der Waals surface area contributed by atoms with Crippen LogP contribution in [0.1, 0.15) is 0 Å². The van der Waals surface area contributed by atoms with Crippen molar-refractivity contribution in [2.24, 2.45) is 0 Å². The normalized spacial score (nSPS) is 9.83. The van der Waals surface area contributed by atoms with Gasteiger partial charge in [-0.3, -0.25) is 0 Å². The summed E-state index contributed by atoms with van der Waals surface area (Å²) in [6, 6.07) is 8.17. The molecule has 1 aromatic rings. The monoisotopic (exact) mass is 294 g/mol. The van der Waals surface area contributed by atoms with E-state index in [0.717, 1.165) is 11.5 Å². The van der Waals surface area contributed by atoms with E-state index in [1.165, 1.54) is 9.32 Å². The third-order valence-electron chi connectivity index (χ3n) is 1.39. The lowest BCUT2D eigenvalue weighted by atomic mass is 10.3. The summed E-state index contributed by atoms with van der Waals surface area (Å²) >= 11 is 4.24. The van der Waals surface area contributed by atoms with Gasteiger partial charge >= 0.3 is 0 Å². The number of hydrogen-bond donors (Lipinski definition) is 0. The summed E-state index contributed by atoms with van der Waals surface area (Å²) < 4.78 is 6.30. The molecule has 0 saturated carbocycles. The summed E-state index contributed by atoms with van der Waals surface area (Å²) in [5, 5.41) is 0. The van der Waals surface area contributed by atoms with Crippen LogP contribution in [0.4, 0.5) is 0 Å². The summed E-state index contributed by atoms with van der Waals surface area (Å²) in [5.41, 5.74) is 0. The van der Waals surface area contributed by atoms with E-state index in [1.807, 2.05) is 23.9 Å². The Balaban J connectivity index is 2.60. The molecule has 0 saturated heterocycles. The van der Waals surface area contributed by atoms with Crippen molar-refractivity contribution in [3.8, 4) is 5.75 Å². The van der Waals surface area contributed by atoms with Crippen molar-refractivity contribution >= 4 is 34.4 Å². The highest BCUT2D eigenvalue weighted by atomic mass is 127. The molecular weight excluding hydrogens is 283 g/mol. The number of alkyl halides is 1. The topological polar surface area (TPSA) is 9.23 Å². The second-order valence-electron chi connectivity index (χ2n) is 2.22. The minimum atomic E-state index is 0.938. The van der Waals surface area contributed by atoms with Gasteiger partial charge < -0.3 is 4.74 Å². The predicted molar refractivity (Wildman–Crippen MR) is 62.6 cm³/mol. The lowest BCUT2D eigenvalue weighted by Gasteiger charge is -2.02. The van der Waals surface area contributed by atoms with Crippen LogP contribution in [0.3, 0.4) is 0 Å². The molecule has 0 spiro atoms. The van der Waals surface area contributed by atoms with E-state index in [9.17, 15) is 0 Å². The fourth-order valence-electron chi connectivity index (χ4n) is 0.847. The Labute approximate surface area is 91.0 Å². The third-order valence-corrected chi connectivity index (χ3v) is 3.65. The predicted octanol–water partition coefficient (Wildman–Crippen LogP) is 3.22. The van der Waals surface area contributed by atoms with Crippen molar-refractivity contribution in [1.82, 2.24) is 0 Å². The van der Waals surface area contributed by atoms with Gasteiger partial charge in [0, 0.05) is 15.1 Å². The first-order valence-electron chi connectivity index (χ1n) is 3.69. The second kappa shape index (κ2) is 5.70. The molecule has 1 rings (SSSR count). The van der Waals surface area contributed by atoms with Crippen LogP contribution in [-0.2, 0) is 0 Å². The number of thioether (sulfide) groups is 1. The van der Waals surface area contributed by atoms with Gasteiger partial charge in [-0.1, -0.05) is 28.7 Å². The van der Waals surface area contributed by atoms with Crippen LogP contribution < -0.4 is 4.74 Å². The van der Waals surface area contributed by atoms with Gasteiger partial charge in [-0.05, 0) is 18.2 Å². The average molecular weight is 294 g/mol. The van der Waals surface area contributed by atoms with Crippen LogP contribution in [-0.4, -0.2) is 17.3 Å². The Bertz CT molecular complexity index is 240. The van der Waals surface area contributed by atoms with Gasteiger partial charge in [-0.15, -0.1) is 11.8 Å². The molecule has 0 heterocycles. The lowest BCUT2D eigenvalue weighted by Crippen LogP contribution is -1.83. The summed E-state index contributed by atoms with van der Waals surface area (Å²) in [5.74, 6) is 2.10. The number of benzene rings is 1. The van der Waals surface area contributed by atoms with Gasteiger partial charge in [0.2, 0.25) is 0 Å². The number of methoxy groups -OCH3 is 1. The van der Waals surface area contributed by atoms with Crippen molar-refractivity contribution in [2.45, 2.75) is 4.90 Å². The van der Waals surface area contributed by atoms with Gasteiger partial charge in [-0.25, -0.2) is 0 Å². The van der Waals surface area contributed by atoms with E-state index in [-0.39, 0.29) is 0 Å². The zero-order chi connectivity index (χ0) is 8.81. The summed E-state index contributed by atoms with van der Waals surface area (Å²) in [4.78, 5) is 1.28. The van der Waals surface area contributed by atoms with Crippen molar-refractivity contribution in [3.63, 3.8) is 0 Å². The first kappa shape index (κ1) is 10.2. The van der Waals surface area contributed by atoms with E-state index in [4.69, 9.17) is 4.74 Å². The second-order valence-corrected chi connectivity index (χ2v) is 4.46. The molecule has 0 aliphatic carbocycles. The Morgan fingerprint density at radius 1 is 1.50 bits per heavy atom. The van der Waals surface area contributed by atoms with Crippen molar-refractivity contribution in [1.29, 1.82) is 0 Å². The number of halogens is 1. The van der Waals surface area contributed by atoms with Crippen molar-refractivity contribution in [2.75, 3.05) is 17.3 Å². The highest BCUT2D eigenvalue weighted by Gasteiger charge is 1.94. The fraction of sp³-hybridized carbons (Fsp3) is 0.333. The van der Waals surface area contributed by atoms with E-state index in [2.05, 4.69) is 34.7 Å². The van der Waals surface area contributed by atoms with Crippen LogP contribution in [0.25, 0.3) is 0 Å². The maximum atomic E-state index is 5.12. The van der Waals surface area contributed by atoms with Crippen LogP contribution in [0.5, 0.6) is 5.75 Å². The molecule has 1 nitrogen and oxygen atoms in total. The van der Waals surface area contributed by atoms with Crippen molar-refractivity contribution < 1.29 is 4.74 Å². The average Bonchev–Trinajstić information content (AvgIpc) is 2.15. The first-order valence-corrected chi connectivity index (χ1v) is 6.20. The number of rotatable bonds is 4. The molecule has 0 unspecified atom stereocenters. The minimum Gasteiger partial charge on any atom is -0.497 e. The molecule has 0 fully saturated rings. The zero-order valence-electron chi connectivity index (χ0n) is 6.92. The molecular formula is C9H11IOS. The molecule has 0 N–H and O–H groups in total. The number of hydrogen-bond acceptors (Lipinski definition) is 2. The molecule has 3 heteroatoms. The Morgan fingerprint density at radius 3 is 3.00 bits per heavy atom. The van der Waals surface area contributed by atoms with Gasteiger partial charge in [0.15, 0.2) is 0 Å². The van der Waals surface area contributed by atoms with Crippen molar-refractivity contribution in [3.05, 3.63) is 24.3 Å². The molecule has 0 aliphatic heterocycles. The number of ether oxygens (including phenoxy) is 1. The molecule has 1 aromatic carbocycles. The zero-order valence-corrected chi connectivity index (χ0v) is 9.89. The summed E-state index contributed by atoms with van der Waals surface area (Å²) in [6.45, 7) is 0. The smallest absolute Gasteiger partial charge is 0.119 e. The molecule has 12 heavy (non-hydrogen) atoms. The molecule has 0 radical (unpaired) electrons. The van der Waals surface area contributed by atoms with E-state index in [1.54, 1.807) is 7.11 Å². The first-order chi connectivity index (χ1) is 5.86. The highest BCUT2D eigenvalue weighted by molar-refractivity contribution is 14.1. The van der Waals surface area contributed by atoms with Gasteiger partial charge in [0.1, 0.15) is 5.75 Å². The van der Waals surface area contributed by atoms with Gasteiger partial charge in [-0.2, -0.15) is 0 Å². The molecule has 0 atom stereocenters. The van der Waals surface area contributed by atoms with Crippen LogP contribution in [0.2, 0.25) is 0 Å². The SMILES string of the molecule is COc1cccc(SCCI)c1. The Kier molecular flexibility index (Phi) is 4.83. The molecule has 0 aromatic heterocycles. The largest absolute Gasteiger partial charge is 0.497 e. The quantitative estimate of drug-likeness (QED) is 0.479.